The summed E-state index contributed by atoms with van der Waals surface area (Å²) in [6.07, 6.45) is 3.51. The first-order valence-corrected chi connectivity index (χ1v) is 14.0. The van der Waals surface area contributed by atoms with Crippen molar-refractivity contribution in [2.45, 2.75) is 76.2 Å². The van der Waals surface area contributed by atoms with Gasteiger partial charge in [-0.1, -0.05) is 38.1 Å². The number of rotatable bonds is 4. The highest BCUT2D eigenvalue weighted by molar-refractivity contribution is 6.00. The van der Waals surface area contributed by atoms with E-state index in [0.717, 1.165) is 57.3 Å². The van der Waals surface area contributed by atoms with Crippen LogP contribution in [0.5, 0.6) is 0 Å². The van der Waals surface area contributed by atoms with Gasteiger partial charge < -0.3 is 25.3 Å². The minimum atomic E-state index is -0.676. The SMILES string of the molecule is CC1(C)CN(C[C@H](O)[C@H]2Cc3ccccc3CN2)C(=O)c2ccc(C(=O)N3CCC4(CC3)CC(O)C4)cc21.Cl. The molecule has 39 heavy (non-hydrogen) atoms. The zero-order valence-electron chi connectivity index (χ0n) is 22.9. The average Bonchev–Trinajstić information content (AvgIpc) is 2.90. The van der Waals surface area contributed by atoms with E-state index in [-0.39, 0.29) is 53.7 Å². The van der Waals surface area contributed by atoms with Gasteiger partial charge in [0.1, 0.15) is 0 Å². The number of nitrogens with one attached hydrogen (secondary N) is 1. The van der Waals surface area contributed by atoms with Gasteiger partial charge in [0.15, 0.2) is 0 Å². The molecule has 3 aliphatic heterocycles. The van der Waals surface area contributed by atoms with Crippen molar-refractivity contribution in [2.75, 3.05) is 26.2 Å². The van der Waals surface area contributed by atoms with Crippen LogP contribution in [0.4, 0.5) is 0 Å². The first-order chi connectivity index (χ1) is 18.1. The molecule has 8 heteroatoms. The zero-order chi connectivity index (χ0) is 26.7. The molecule has 2 aromatic rings. The Bertz CT molecular complexity index is 1250. The van der Waals surface area contributed by atoms with Gasteiger partial charge in [0.25, 0.3) is 11.8 Å². The Morgan fingerprint density at radius 2 is 1.79 bits per heavy atom. The van der Waals surface area contributed by atoms with Crippen molar-refractivity contribution in [3.63, 3.8) is 0 Å². The smallest absolute Gasteiger partial charge is 0.254 e. The number of β-amino-alcohol motifs (C(OH)–C–C–N with tert-alkyl or cyclic N) is 1. The lowest BCUT2D eigenvalue weighted by molar-refractivity contribution is -0.0637. The second-order valence-corrected chi connectivity index (χ2v) is 12.7. The predicted octanol–water partition coefficient (Wildman–Crippen LogP) is 3.29. The molecular formula is C31H40ClN3O4. The number of hydrogen-bond donors (Lipinski definition) is 3. The summed E-state index contributed by atoms with van der Waals surface area (Å²) in [6.45, 7) is 7.13. The van der Waals surface area contributed by atoms with Crippen LogP contribution in [-0.4, -0.2) is 76.3 Å². The molecule has 6 rings (SSSR count). The second kappa shape index (κ2) is 10.5. The van der Waals surface area contributed by atoms with E-state index in [0.29, 0.717) is 17.7 Å². The van der Waals surface area contributed by atoms with Gasteiger partial charge in [-0.15, -0.1) is 12.4 Å². The number of piperidine rings is 1. The van der Waals surface area contributed by atoms with Gasteiger partial charge in [0.05, 0.1) is 12.2 Å². The summed E-state index contributed by atoms with van der Waals surface area (Å²) in [7, 11) is 0. The molecule has 2 fully saturated rings. The van der Waals surface area contributed by atoms with Crippen molar-refractivity contribution >= 4 is 24.2 Å². The second-order valence-electron chi connectivity index (χ2n) is 12.7. The Morgan fingerprint density at radius 3 is 2.49 bits per heavy atom. The topological polar surface area (TPSA) is 93.1 Å². The highest BCUT2D eigenvalue weighted by Crippen LogP contribution is 2.49. The van der Waals surface area contributed by atoms with Crippen molar-refractivity contribution in [3.05, 3.63) is 70.3 Å². The van der Waals surface area contributed by atoms with E-state index in [9.17, 15) is 19.8 Å². The van der Waals surface area contributed by atoms with Crippen LogP contribution in [-0.2, 0) is 18.4 Å². The number of carbonyl (C=O) groups is 2. The number of hydrogen-bond acceptors (Lipinski definition) is 5. The first-order valence-electron chi connectivity index (χ1n) is 14.0. The van der Waals surface area contributed by atoms with Gasteiger partial charge in [-0.05, 0) is 72.4 Å². The van der Waals surface area contributed by atoms with Crippen LogP contribution in [0.1, 0.15) is 76.9 Å². The van der Waals surface area contributed by atoms with Crippen molar-refractivity contribution in [3.8, 4) is 0 Å². The molecule has 0 radical (unpaired) electrons. The van der Waals surface area contributed by atoms with Gasteiger partial charge in [0, 0.05) is 55.3 Å². The fourth-order valence-electron chi connectivity index (χ4n) is 7.19. The number of halogens is 1. The van der Waals surface area contributed by atoms with Crippen molar-refractivity contribution in [2.24, 2.45) is 5.41 Å². The van der Waals surface area contributed by atoms with Crippen molar-refractivity contribution in [1.29, 1.82) is 0 Å². The van der Waals surface area contributed by atoms with Gasteiger partial charge in [0.2, 0.25) is 0 Å². The summed E-state index contributed by atoms with van der Waals surface area (Å²) in [6, 6.07) is 13.7. The highest BCUT2D eigenvalue weighted by atomic mass is 35.5. The lowest BCUT2D eigenvalue weighted by Gasteiger charge is -2.50. The molecule has 1 saturated heterocycles. The number of aliphatic hydroxyl groups excluding tert-OH is 2. The number of carbonyl (C=O) groups excluding carboxylic acids is 2. The van der Waals surface area contributed by atoms with Crippen LogP contribution >= 0.6 is 12.4 Å². The monoisotopic (exact) mass is 553 g/mol. The minimum Gasteiger partial charge on any atom is -0.393 e. The number of benzene rings is 2. The fraction of sp³-hybridized carbons (Fsp3) is 0.548. The van der Waals surface area contributed by atoms with Gasteiger partial charge in [-0.2, -0.15) is 0 Å². The third-order valence-electron chi connectivity index (χ3n) is 9.53. The molecule has 2 atom stereocenters. The van der Waals surface area contributed by atoms with E-state index in [4.69, 9.17) is 0 Å². The molecule has 210 valence electrons. The molecular weight excluding hydrogens is 514 g/mol. The average molecular weight is 554 g/mol. The Hall–Kier alpha value is -2.45. The Balaban J connectivity index is 0.00000308. The lowest BCUT2D eigenvalue weighted by atomic mass is 9.61. The Labute approximate surface area is 237 Å². The molecule has 3 N–H and O–H groups in total. The molecule has 0 aromatic heterocycles. The van der Waals surface area contributed by atoms with E-state index in [1.54, 1.807) is 17.0 Å². The van der Waals surface area contributed by atoms with Crippen molar-refractivity contribution < 1.29 is 19.8 Å². The summed E-state index contributed by atoms with van der Waals surface area (Å²) in [5.74, 6) is -0.0654. The van der Waals surface area contributed by atoms with Crippen LogP contribution in [0.2, 0.25) is 0 Å². The lowest BCUT2D eigenvalue weighted by Crippen LogP contribution is -2.54. The van der Waals surface area contributed by atoms with Crippen LogP contribution in [0.3, 0.4) is 0 Å². The van der Waals surface area contributed by atoms with Crippen LogP contribution in [0, 0.1) is 5.41 Å². The fourth-order valence-corrected chi connectivity index (χ4v) is 7.19. The maximum atomic E-state index is 13.5. The molecule has 4 aliphatic rings. The summed E-state index contributed by atoms with van der Waals surface area (Å²) < 4.78 is 0. The molecule has 0 bridgehead atoms. The van der Waals surface area contributed by atoms with E-state index < -0.39 is 6.10 Å². The predicted molar refractivity (Wildman–Crippen MR) is 152 cm³/mol. The van der Waals surface area contributed by atoms with Gasteiger partial charge in [-0.3, -0.25) is 9.59 Å². The normalized spacial score (nSPS) is 24.3. The summed E-state index contributed by atoms with van der Waals surface area (Å²) in [5.41, 5.74) is 4.54. The summed E-state index contributed by atoms with van der Waals surface area (Å²) in [5, 5.41) is 24.3. The quantitative estimate of drug-likeness (QED) is 0.540. The van der Waals surface area contributed by atoms with Crippen molar-refractivity contribution in [1.82, 2.24) is 15.1 Å². The maximum Gasteiger partial charge on any atom is 0.254 e. The molecule has 1 aliphatic carbocycles. The highest BCUT2D eigenvalue weighted by Gasteiger charge is 2.46. The van der Waals surface area contributed by atoms with Crippen LogP contribution < -0.4 is 5.32 Å². The molecule has 2 aromatic carbocycles. The largest absolute Gasteiger partial charge is 0.393 e. The van der Waals surface area contributed by atoms with Gasteiger partial charge in [-0.25, -0.2) is 0 Å². The number of nitrogens with zero attached hydrogens (tertiary/aromatic N) is 2. The molecule has 2 amide bonds. The van der Waals surface area contributed by atoms with E-state index in [2.05, 4.69) is 31.3 Å². The summed E-state index contributed by atoms with van der Waals surface area (Å²) >= 11 is 0. The number of likely N-dealkylation sites (tertiary alicyclic amines) is 1. The number of aliphatic hydroxyl groups is 2. The molecule has 7 nitrogen and oxygen atoms in total. The van der Waals surface area contributed by atoms with E-state index in [1.165, 1.54) is 11.1 Å². The Morgan fingerprint density at radius 1 is 1.10 bits per heavy atom. The maximum absolute atomic E-state index is 13.5. The summed E-state index contributed by atoms with van der Waals surface area (Å²) in [4.78, 5) is 30.6. The standard InChI is InChI=1S/C31H39N3O4.ClH/c1-30(2)19-34(18-27(36)26-14-20-5-3-4-6-22(20)17-32-26)29(38)24-8-7-21(13-25(24)30)28(37)33-11-9-31(10-12-33)15-23(35)16-31;/h3-8,13,23,26-27,32,35-36H,9-12,14-19H2,1-2H3;1H/t26-,27+;/m1./s1. The number of fused-ring (bicyclic) bond motifs is 2. The van der Waals surface area contributed by atoms with Crippen LogP contribution in [0.15, 0.2) is 42.5 Å². The van der Waals surface area contributed by atoms with E-state index >= 15 is 0 Å². The number of amides is 2. The molecule has 1 spiro atoms. The zero-order valence-corrected chi connectivity index (χ0v) is 23.7. The third kappa shape index (κ3) is 5.22. The van der Waals surface area contributed by atoms with Gasteiger partial charge >= 0.3 is 0 Å². The van der Waals surface area contributed by atoms with E-state index in [1.807, 2.05) is 23.1 Å². The third-order valence-corrected chi connectivity index (χ3v) is 9.53. The molecule has 3 heterocycles. The first kappa shape index (κ1) is 28.1. The minimum absolute atomic E-state index is 0. The molecule has 1 saturated carbocycles. The van der Waals surface area contributed by atoms with Crippen LogP contribution in [0.25, 0.3) is 0 Å². The molecule has 0 unspecified atom stereocenters. The Kier molecular flexibility index (Phi) is 7.57.